The molecule has 5 heteroatoms. The van der Waals surface area contributed by atoms with Gasteiger partial charge >= 0.3 is 0 Å². The van der Waals surface area contributed by atoms with Crippen molar-refractivity contribution in [3.8, 4) is 39.4 Å². The third-order valence-electron chi connectivity index (χ3n) is 19.9. The normalized spacial score (nSPS) is 17.1. The number of rotatable bonds is 7. The van der Waals surface area contributed by atoms with Crippen LogP contribution in [0.25, 0.3) is 49.9 Å². The maximum Gasteiger partial charge on any atom is 0.145 e. The largest absolute Gasteiger partial charge is 0.457 e. The Bertz CT molecular complexity index is 4150. The van der Waals surface area contributed by atoms with E-state index in [9.17, 15) is 0 Å². The molecule has 0 fully saturated rings. The molecule has 0 saturated carbocycles. The Kier molecular flexibility index (Phi) is 12.1. The van der Waals surface area contributed by atoms with Crippen molar-refractivity contribution in [2.45, 2.75) is 180 Å². The van der Waals surface area contributed by atoms with Crippen LogP contribution in [-0.2, 0) is 16.4 Å². The third-order valence-corrected chi connectivity index (χ3v) is 19.9. The number of hydrogen-bond acceptors (Lipinski definition) is 4. The van der Waals surface area contributed by atoms with Crippen molar-refractivity contribution in [3.05, 3.63) is 203 Å². The molecule has 408 valence electrons. The monoisotopic (exact) mass is 1050 g/mol. The van der Waals surface area contributed by atoms with Gasteiger partial charge in [0.15, 0.2) is 0 Å². The van der Waals surface area contributed by atoms with Gasteiger partial charge in [0, 0.05) is 39.7 Å². The van der Waals surface area contributed by atoms with E-state index in [2.05, 4.69) is 246 Å². The topological polar surface area (TPSA) is 42.6 Å². The second-order valence-corrected chi connectivity index (χ2v) is 26.8. The highest BCUT2D eigenvalue weighted by Gasteiger charge is 2.55. The van der Waals surface area contributed by atoms with Crippen LogP contribution in [0.5, 0.6) is 11.5 Å². The minimum Gasteiger partial charge on any atom is -0.457 e. The van der Waals surface area contributed by atoms with E-state index in [1.54, 1.807) is 0 Å². The summed E-state index contributed by atoms with van der Waals surface area (Å²) in [6.45, 7) is 48.8. The molecule has 2 aliphatic heterocycles. The Hall–Kier alpha value is -7.24. The smallest absolute Gasteiger partial charge is 0.145 e. The maximum absolute atomic E-state index is 7.61. The van der Waals surface area contributed by atoms with Gasteiger partial charge in [-0.1, -0.05) is 105 Å². The standard InChI is InChI=1S/C75H82N4O/c1-38(2)55-24-22-25-56(39(3)4)67(55)51-32-52(34-54(33-51)80-64-37-63-60(31-44(64)9)74(19,20)62-36-53(73(16,17)18)35-58-57-26-23-27-76-72(57)78(63)69(58)62)71-77-70-59-29-42(7)45(10)49(14)65(59)66-50(15)46(11)43(8)30-61(66)75(70,21)79(71)68-47(12)40(5)28-41(6)48(68)13/h22-39,70H,1-21H3/t70-,75+/m1/s1. The molecule has 3 aliphatic rings. The molecule has 0 saturated heterocycles. The molecule has 7 aromatic carbocycles. The van der Waals surface area contributed by atoms with Gasteiger partial charge in [-0.15, -0.1) is 0 Å². The van der Waals surface area contributed by atoms with E-state index in [1.165, 1.54) is 133 Å². The van der Waals surface area contributed by atoms with Crippen molar-refractivity contribution in [1.29, 1.82) is 0 Å². The van der Waals surface area contributed by atoms with Crippen molar-refractivity contribution < 1.29 is 4.74 Å². The van der Waals surface area contributed by atoms with E-state index in [0.29, 0.717) is 0 Å². The molecule has 4 heterocycles. The summed E-state index contributed by atoms with van der Waals surface area (Å²) in [5.74, 6) is 3.13. The Morgan fingerprint density at radius 1 is 0.550 bits per heavy atom. The summed E-state index contributed by atoms with van der Waals surface area (Å²) in [6, 6.07) is 35.0. The Balaban J connectivity index is 1.15. The number of aryl methyl sites for hydroxylation is 5. The maximum atomic E-state index is 7.61. The fourth-order valence-corrected chi connectivity index (χ4v) is 14.5. The summed E-state index contributed by atoms with van der Waals surface area (Å²) in [5, 5.41) is 2.41. The van der Waals surface area contributed by atoms with Gasteiger partial charge in [-0.25, -0.2) is 4.98 Å². The van der Waals surface area contributed by atoms with Crippen LogP contribution in [0, 0.1) is 76.2 Å². The number of hydrogen-bond donors (Lipinski definition) is 0. The van der Waals surface area contributed by atoms with Crippen molar-refractivity contribution in [1.82, 2.24) is 9.55 Å². The number of aromatic nitrogens is 2. The molecule has 2 atom stereocenters. The second-order valence-electron chi connectivity index (χ2n) is 26.8. The summed E-state index contributed by atoms with van der Waals surface area (Å²) in [4.78, 5) is 14.1. The van der Waals surface area contributed by atoms with Gasteiger partial charge in [0.1, 0.15) is 29.0 Å². The molecule has 0 bridgehead atoms. The average Bonchev–Trinajstić information content (AvgIpc) is 3.35. The summed E-state index contributed by atoms with van der Waals surface area (Å²) in [5.41, 5.74) is 33.2. The first kappa shape index (κ1) is 53.4. The first-order valence-electron chi connectivity index (χ1n) is 29.4. The number of amidine groups is 1. The van der Waals surface area contributed by atoms with Gasteiger partial charge in [0.2, 0.25) is 0 Å². The highest BCUT2D eigenvalue weighted by Crippen LogP contribution is 2.61. The van der Waals surface area contributed by atoms with Crippen LogP contribution >= 0.6 is 0 Å². The van der Waals surface area contributed by atoms with Crippen molar-refractivity contribution in [2.24, 2.45) is 4.99 Å². The molecule has 5 nitrogen and oxygen atoms in total. The van der Waals surface area contributed by atoms with Crippen molar-refractivity contribution in [3.63, 3.8) is 0 Å². The number of aliphatic imine (C=N–C) groups is 1. The molecule has 12 rings (SSSR count). The summed E-state index contributed by atoms with van der Waals surface area (Å²) < 4.78 is 10.0. The van der Waals surface area contributed by atoms with Gasteiger partial charge in [-0.2, -0.15) is 0 Å². The van der Waals surface area contributed by atoms with Crippen LogP contribution in [0.15, 0.2) is 102 Å². The summed E-state index contributed by atoms with van der Waals surface area (Å²) in [7, 11) is 0. The van der Waals surface area contributed by atoms with Crippen molar-refractivity contribution >= 4 is 33.5 Å². The SMILES string of the molecule is Cc1cc2c(cc1Oc1cc(C3=N[C@@H]4c5cc(C)c(C)c(C)c5-c5c(cc(C)c(C)c5C)[C@]4(C)N3c3c(C)c(C)cc(C)c3C)cc(-c3c(C(C)C)cccc3C(C)C)c1)-n1c3ncccc3c3cc(C(C)(C)C)cc(c31)C2(C)C. The Morgan fingerprint density at radius 2 is 1.15 bits per heavy atom. The van der Waals surface area contributed by atoms with Gasteiger partial charge in [-0.3, -0.25) is 9.56 Å². The number of benzene rings is 7. The van der Waals surface area contributed by atoms with E-state index < -0.39 is 5.54 Å². The zero-order valence-corrected chi connectivity index (χ0v) is 51.7. The van der Waals surface area contributed by atoms with Crippen LogP contribution in [0.2, 0.25) is 0 Å². The van der Waals surface area contributed by atoms with Crippen LogP contribution in [-0.4, -0.2) is 15.4 Å². The van der Waals surface area contributed by atoms with E-state index in [4.69, 9.17) is 14.7 Å². The highest BCUT2D eigenvalue weighted by molar-refractivity contribution is 6.15. The highest BCUT2D eigenvalue weighted by atomic mass is 16.5. The van der Waals surface area contributed by atoms with Crippen LogP contribution in [0.1, 0.15) is 193 Å². The molecule has 2 aromatic heterocycles. The Labute approximate surface area is 477 Å². The lowest BCUT2D eigenvalue weighted by Gasteiger charge is -2.47. The molecule has 0 N–H and O–H groups in total. The van der Waals surface area contributed by atoms with E-state index >= 15 is 0 Å². The number of fused-ring (bicyclic) bond motifs is 11. The number of pyridine rings is 1. The first-order valence-corrected chi connectivity index (χ1v) is 29.4. The molecule has 80 heavy (non-hydrogen) atoms. The molecule has 0 radical (unpaired) electrons. The summed E-state index contributed by atoms with van der Waals surface area (Å²) >= 11 is 0. The molecule has 1 aliphatic carbocycles. The molecule has 0 unspecified atom stereocenters. The quantitative estimate of drug-likeness (QED) is 0.160. The lowest BCUT2D eigenvalue weighted by molar-refractivity contribution is 0.420. The van der Waals surface area contributed by atoms with Crippen LogP contribution in [0.3, 0.4) is 0 Å². The average molecular weight is 1060 g/mol. The molecular weight excluding hydrogens is 973 g/mol. The molecular formula is C75H82N4O. The van der Waals surface area contributed by atoms with E-state index in [-0.39, 0.29) is 28.7 Å². The number of anilines is 1. The van der Waals surface area contributed by atoms with Crippen LogP contribution < -0.4 is 9.64 Å². The lowest BCUT2D eigenvalue weighted by Crippen LogP contribution is -2.49. The predicted octanol–water partition coefficient (Wildman–Crippen LogP) is 20.1. The van der Waals surface area contributed by atoms with Gasteiger partial charge in [0.25, 0.3) is 0 Å². The van der Waals surface area contributed by atoms with Crippen molar-refractivity contribution in [2.75, 3.05) is 4.90 Å². The fraction of sp³-hybridized carbons (Fsp3) is 0.360. The first-order chi connectivity index (χ1) is 37.7. The van der Waals surface area contributed by atoms with Gasteiger partial charge in [0.05, 0.1) is 16.7 Å². The lowest BCUT2D eigenvalue weighted by atomic mass is 9.66. The molecule has 0 spiro atoms. The molecule has 9 aromatic rings. The second kappa shape index (κ2) is 18.1. The zero-order chi connectivity index (χ0) is 57.3. The summed E-state index contributed by atoms with van der Waals surface area (Å²) in [6.07, 6.45) is 1.93. The van der Waals surface area contributed by atoms with Crippen LogP contribution in [0.4, 0.5) is 5.69 Å². The number of nitrogens with zero attached hydrogens (tertiary/aromatic N) is 4. The third kappa shape index (κ3) is 7.54. The zero-order valence-electron chi connectivity index (χ0n) is 51.7. The van der Waals surface area contributed by atoms with Gasteiger partial charge < -0.3 is 9.64 Å². The Morgan fingerprint density at radius 3 is 1.79 bits per heavy atom. The predicted molar refractivity (Wildman–Crippen MR) is 339 cm³/mol. The molecule has 0 amide bonds. The fourth-order valence-electron chi connectivity index (χ4n) is 14.5. The van der Waals surface area contributed by atoms with Gasteiger partial charge in [-0.05, 0) is 265 Å². The minimum atomic E-state index is -0.606. The number of ether oxygens (including phenoxy) is 1. The van der Waals surface area contributed by atoms with E-state index in [1.807, 2.05) is 6.20 Å². The van der Waals surface area contributed by atoms with E-state index in [0.717, 1.165) is 45.4 Å². The minimum absolute atomic E-state index is 0.0266.